The van der Waals surface area contributed by atoms with E-state index in [2.05, 4.69) is 23.6 Å². The van der Waals surface area contributed by atoms with E-state index in [9.17, 15) is 0 Å². The molecule has 82 valence electrons. The lowest BCUT2D eigenvalue weighted by Crippen LogP contribution is -2.51. The highest BCUT2D eigenvalue weighted by Crippen LogP contribution is 2.33. The van der Waals surface area contributed by atoms with Crippen molar-refractivity contribution in [1.82, 2.24) is 4.90 Å². The molecular formula is C11H22N2S. The van der Waals surface area contributed by atoms with Crippen molar-refractivity contribution in [2.24, 2.45) is 5.73 Å². The van der Waals surface area contributed by atoms with Crippen molar-refractivity contribution < 1.29 is 0 Å². The molecule has 0 aromatic carbocycles. The van der Waals surface area contributed by atoms with Gasteiger partial charge in [0.15, 0.2) is 0 Å². The number of nitrogens with zero attached hydrogens (tertiary/aromatic N) is 1. The molecule has 0 spiro atoms. The lowest BCUT2D eigenvalue weighted by molar-refractivity contribution is 0.101. The molecule has 2 heterocycles. The van der Waals surface area contributed by atoms with Crippen LogP contribution in [0, 0.1) is 0 Å². The van der Waals surface area contributed by atoms with Crippen LogP contribution in [0.15, 0.2) is 0 Å². The SMILES string of the molecule is CC1SCCC1N1CCCCC1CN. The van der Waals surface area contributed by atoms with E-state index in [1.807, 2.05) is 0 Å². The Labute approximate surface area is 91.6 Å². The van der Waals surface area contributed by atoms with Crippen molar-refractivity contribution in [2.75, 3.05) is 18.8 Å². The molecule has 3 atom stereocenters. The highest BCUT2D eigenvalue weighted by molar-refractivity contribution is 8.00. The minimum atomic E-state index is 0.676. The molecule has 2 aliphatic heterocycles. The third-order valence-electron chi connectivity index (χ3n) is 3.71. The average molecular weight is 214 g/mol. The first-order valence-electron chi connectivity index (χ1n) is 5.90. The van der Waals surface area contributed by atoms with E-state index in [1.165, 1.54) is 38.0 Å². The summed E-state index contributed by atoms with van der Waals surface area (Å²) in [6.07, 6.45) is 5.46. The maximum atomic E-state index is 5.86. The Balaban J connectivity index is 1.99. The average Bonchev–Trinajstić information content (AvgIpc) is 2.64. The summed E-state index contributed by atoms with van der Waals surface area (Å²) in [6, 6.07) is 1.49. The molecule has 2 rings (SSSR count). The fourth-order valence-corrected chi connectivity index (χ4v) is 4.13. The van der Waals surface area contributed by atoms with Crippen LogP contribution < -0.4 is 5.73 Å². The maximum Gasteiger partial charge on any atom is 0.0223 e. The topological polar surface area (TPSA) is 29.3 Å². The van der Waals surface area contributed by atoms with Gasteiger partial charge in [-0.15, -0.1) is 0 Å². The third-order valence-corrected chi connectivity index (χ3v) is 5.02. The first-order chi connectivity index (χ1) is 6.83. The maximum absolute atomic E-state index is 5.86. The zero-order chi connectivity index (χ0) is 9.97. The van der Waals surface area contributed by atoms with Crippen LogP contribution in [-0.4, -0.2) is 41.1 Å². The van der Waals surface area contributed by atoms with E-state index in [0.29, 0.717) is 6.04 Å². The van der Waals surface area contributed by atoms with E-state index < -0.39 is 0 Å². The van der Waals surface area contributed by atoms with E-state index in [1.54, 1.807) is 0 Å². The summed E-state index contributed by atoms with van der Waals surface area (Å²) in [6.45, 7) is 4.52. The number of likely N-dealkylation sites (tertiary alicyclic amines) is 1. The zero-order valence-corrected chi connectivity index (χ0v) is 9.93. The smallest absolute Gasteiger partial charge is 0.0223 e. The van der Waals surface area contributed by atoms with Gasteiger partial charge in [-0.25, -0.2) is 0 Å². The number of nitrogens with two attached hydrogens (primary N) is 1. The van der Waals surface area contributed by atoms with Gasteiger partial charge in [0.05, 0.1) is 0 Å². The summed E-state index contributed by atoms with van der Waals surface area (Å²) >= 11 is 2.13. The summed E-state index contributed by atoms with van der Waals surface area (Å²) in [4.78, 5) is 2.70. The molecule has 3 heteroatoms. The van der Waals surface area contributed by atoms with Gasteiger partial charge in [-0.05, 0) is 31.6 Å². The van der Waals surface area contributed by atoms with Gasteiger partial charge in [0.1, 0.15) is 0 Å². The van der Waals surface area contributed by atoms with Gasteiger partial charge in [-0.2, -0.15) is 11.8 Å². The van der Waals surface area contributed by atoms with Gasteiger partial charge in [-0.1, -0.05) is 13.3 Å². The van der Waals surface area contributed by atoms with Gasteiger partial charge in [0.25, 0.3) is 0 Å². The second-order valence-corrected chi connectivity index (χ2v) is 6.04. The van der Waals surface area contributed by atoms with Crippen LogP contribution in [0.1, 0.15) is 32.6 Å². The fraction of sp³-hybridized carbons (Fsp3) is 1.00. The Morgan fingerprint density at radius 1 is 1.36 bits per heavy atom. The van der Waals surface area contributed by atoms with Crippen LogP contribution in [0.4, 0.5) is 0 Å². The highest BCUT2D eigenvalue weighted by atomic mass is 32.2. The monoisotopic (exact) mass is 214 g/mol. The molecule has 2 N–H and O–H groups in total. The van der Waals surface area contributed by atoms with E-state index >= 15 is 0 Å². The van der Waals surface area contributed by atoms with E-state index in [-0.39, 0.29) is 0 Å². The van der Waals surface area contributed by atoms with Crippen molar-refractivity contribution in [3.8, 4) is 0 Å². The number of thioether (sulfide) groups is 1. The molecule has 2 nitrogen and oxygen atoms in total. The quantitative estimate of drug-likeness (QED) is 0.758. The molecule has 2 saturated heterocycles. The van der Waals surface area contributed by atoms with E-state index in [0.717, 1.165) is 17.8 Å². The van der Waals surface area contributed by atoms with Crippen molar-refractivity contribution in [3.63, 3.8) is 0 Å². The Hall–Kier alpha value is 0.270. The van der Waals surface area contributed by atoms with Gasteiger partial charge >= 0.3 is 0 Å². The Kier molecular flexibility index (Phi) is 3.74. The normalized spacial score (nSPS) is 40.3. The van der Waals surface area contributed by atoms with Gasteiger partial charge < -0.3 is 5.73 Å². The van der Waals surface area contributed by atoms with Crippen molar-refractivity contribution in [1.29, 1.82) is 0 Å². The molecule has 0 saturated carbocycles. The Morgan fingerprint density at radius 3 is 2.86 bits per heavy atom. The minimum Gasteiger partial charge on any atom is -0.329 e. The Bertz CT molecular complexity index is 186. The molecule has 0 aromatic rings. The van der Waals surface area contributed by atoms with Crippen LogP contribution >= 0.6 is 11.8 Å². The summed E-state index contributed by atoms with van der Waals surface area (Å²) in [5, 5.41) is 0.821. The fourth-order valence-electron chi connectivity index (χ4n) is 2.87. The molecule has 0 radical (unpaired) electrons. The first kappa shape index (κ1) is 10.8. The number of piperidine rings is 1. The highest BCUT2D eigenvalue weighted by Gasteiger charge is 2.34. The zero-order valence-electron chi connectivity index (χ0n) is 9.11. The van der Waals surface area contributed by atoms with Crippen molar-refractivity contribution in [2.45, 2.75) is 49.9 Å². The molecule has 14 heavy (non-hydrogen) atoms. The van der Waals surface area contributed by atoms with Crippen molar-refractivity contribution >= 4 is 11.8 Å². The van der Waals surface area contributed by atoms with Crippen LogP contribution in [0.5, 0.6) is 0 Å². The van der Waals surface area contributed by atoms with Gasteiger partial charge in [-0.3, -0.25) is 4.90 Å². The van der Waals surface area contributed by atoms with Gasteiger partial charge in [0, 0.05) is 23.9 Å². The second-order valence-electron chi connectivity index (χ2n) is 4.56. The van der Waals surface area contributed by atoms with Crippen LogP contribution in [0.3, 0.4) is 0 Å². The predicted octanol–water partition coefficient (Wildman–Crippen LogP) is 1.69. The summed E-state index contributed by atoms with van der Waals surface area (Å²) in [5.74, 6) is 1.35. The minimum absolute atomic E-state index is 0.676. The Morgan fingerprint density at radius 2 is 2.21 bits per heavy atom. The third kappa shape index (κ3) is 2.10. The predicted molar refractivity (Wildman–Crippen MR) is 63.7 cm³/mol. The molecule has 2 aliphatic rings. The number of rotatable bonds is 2. The van der Waals surface area contributed by atoms with Crippen LogP contribution in [0.2, 0.25) is 0 Å². The van der Waals surface area contributed by atoms with Crippen LogP contribution in [-0.2, 0) is 0 Å². The lowest BCUT2D eigenvalue weighted by atomic mass is 9.98. The summed E-state index contributed by atoms with van der Waals surface area (Å²) in [5.41, 5.74) is 5.86. The molecule has 2 fully saturated rings. The molecular weight excluding hydrogens is 192 g/mol. The summed E-state index contributed by atoms with van der Waals surface area (Å²) < 4.78 is 0. The molecule has 0 aromatic heterocycles. The second kappa shape index (κ2) is 4.86. The first-order valence-corrected chi connectivity index (χ1v) is 6.95. The van der Waals surface area contributed by atoms with E-state index in [4.69, 9.17) is 5.73 Å². The number of hydrogen-bond acceptors (Lipinski definition) is 3. The lowest BCUT2D eigenvalue weighted by Gasteiger charge is -2.40. The molecule has 0 amide bonds. The molecule has 0 bridgehead atoms. The van der Waals surface area contributed by atoms with Crippen LogP contribution in [0.25, 0.3) is 0 Å². The molecule has 0 aliphatic carbocycles. The number of hydrogen-bond donors (Lipinski definition) is 1. The van der Waals surface area contributed by atoms with Crippen molar-refractivity contribution in [3.05, 3.63) is 0 Å². The molecule has 3 unspecified atom stereocenters. The largest absolute Gasteiger partial charge is 0.329 e. The van der Waals surface area contributed by atoms with Gasteiger partial charge in [0.2, 0.25) is 0 Å². The standard InChI is InChI=1S/C11H22N2S/c1-9-11(5-7-14-9)13-6-3-2-4-10(13)8-12/h9-11H,2-8,12H2,1H3. The summed E-state index contributed by atoms with van der Waals surface area (Å²) in [7, 11) is 0.